The monoisotopic (exact) mass is 353 g/mol. The van der Waals surface area contributed by atoms with Gasteiger partial charge >= 0.3 is 0 Å². The molecule has 0 saturated heterocycles. The highest BCUT2D eigenvalue weighted by atomic mass is 16.1. The largest absolute Gasteiger partial charge is 0.352 e. The third-order valence-electron chi connectivity index (χ3n) is 4.41. The molecule has 0 bridgehead atoms. The highest BCUT2D eigenvalue weighted by Gasteiger charge is 2.19. The van der Waals surface area contributed by atoms with E-state index in [9.17, 15) is 9.59 Å². The quantitative estimate of drug-likeness (QED) is 0.711. The van der Waals surface area contributed by atoms with E-state index in [1.165, 1.54) is 0 Å². The predicted molar refractivity (Wildman–Crippen MR) is 99.6 cm³/mol. The molecule has 0 radical (unpaired) electrons. The molecule has 0 aliphatic heterocycles. The van der Waals surface area contributed by atoms with Crippen LogP contribution in [0, 0.1) is 27.7 Å². The van der Waals surface area contributed by atoms with Crippen molar-refractivity contribution in [3.63, 3.8) is 0 Å². The number of amides is 1. The molecule has 1 N–H and O–H groups in total. The molecular weight excluding hydrogens is 330 g/mol. The first-order valence-electron chi connectivity index (χ1n) is 8.66. The van der Waals surface area contributed by atoms with Crippen molar-refractivity contribution in [2.45, 2.75) is 40.7 Å². The Morgan fingerprint density at radius 2 is 1.92 bits per heavy atom. The first-order chi connectivity index (χ1) is 12.4. The maximum atomic E-state index is 12.6. The summed E-state index contributed by atoms with van der Waals surface area (Å²) in [4.78, 5) is 29.0. The maximum Gasteiger partial charge on any atom is 0.257 e. The molecule has 0 saturated carbocycles. The number of hydrogen-bond acceptors (Lipinski definition) is 4. The third-order valence-corrected chi connectivity index (χ3v) is 4.41. The van der Waals surface area contributed by atoms with E-state index in [-0.39, 0.29) is 11.5 Å². The van der Waals surface area contributed by atoms with Crippen LogP contribution in [0.4, 0.5) is 0 Å². The average molecular weight is 353 g/mol. The number of nitrogens with zero attached hydrogens (tertiary/aromatic N) is 4. The van der Waals surface area contributed by atoms with Crippen molar-refractivity contribution >= 4 is 11.6 Å². The number of pyridine rings is 1. The fourth-order valence-electron chi connectivity index (χ4n) is 3.13. The van der Waals surface area contributed by atoms with Gasteiger partial charge in [0.1, 0.15) is 5.56 Å². The molecule has 3 aromatic rings. The normalized spacial score (nSPS) is 11.1. The Bertz CT molecular complexity index is 1030. The van der Waals surface area contributed by atoms with Crippen molar-refractivity contribution in [1.29, 1.82) is 0 Å². The minimum atomic E-state index is -0.188. The molecule has 0 aliphatic rings. The lowest BCUT2D eigenvalue weighted by atomic mass is 10.2. The third kappa shape index (κ3) is 3.37. The minimum Gasteiger partial charge on any atom is -0.352 e. The summed E-state index contributed by atoms with van der Waals surface area (Å²) >= 11 is 0. The van der Waals surface area contributed by atoms with E-state index >= 15 is 0 Å². The van der Waals surface area contributed by atoms with Gasteiger partial charge in [-0.3, -0.25) is 9.59 Å². The second-order valence-electron chi connectivity index (χ2n) is 6.50. The van der Waals surface area contributed by atoms with Gasteiger partial charge in [0.25, 0.3) is 11.5 Å². The summed E-state index contributed by atoms with van der Waals surface area (Å²) in [5.41, 5.74) is 4.41. The van der Waals surface area contributed by atoms with Gasteiger partial charge in [0.15, 0.2) is 5.65 Å². The van der Waals surface area contributed by atoms with Gasteiger partial charge in [-0.25, -0.2) is 9.50 Å². The minimum absolute atomic E-state index is 0.0232. The van der Waals surface area contributed by atoms with E-state index in [1.54, 1.807) is 21.2 Å². The van der Waals surface area contributed by atoms with Gasteiger partial charge in [0.2, 0.25) is 0 Å². The van der Waals surface area contributed by atoms with Gasteiger partial charge in [0.05, 0.1) is 5.69 Å². The van der Waals surface area contributed by atoms with E-state index in [4.69, 9.17) is 0 Å². The lowest BCUT2D eigenvalue weighted by Crippen LogP contribution is -2.28. The fraction of sp³-hybridized carbons (Fsp3) is 0.368. The summed E-state index contributed by atoms with van der Waals surface area (Å²) in [7, 11) is 0. The Balaban J connectivity index is 1.70. The number of aryl methyl sites for hydroxylation is 4. The zero-order chi connectivity index (χ0) is 18.8. The molecule has 0 aliphatic carbocycles. The lowest BCUT2D eigenvalue weighted by Gasteiger charge is -2.10. The van der Waals surface area contributed by atoms with Gasteiger partial charge in [-0.05, 0) is 46.2 Å². The Kier molecular flexibility index (Phi) is 4.88. The van der Waals surface area contributed by atoms with Gasteiger partial charge in [-0.15, -0.1) is 0 Å². The van der Waals surface area contributed by atoms with Crippen LogP contribution in [-0.2, 0) is 6.54 Å². The molecule has 136 valence electrons. The van der Waals surface area contributed by atoms with Crippen molar-refractivity contribution in [1.82, 2.24) is 24.5 Å². The van der Waals surface area contributed by atoms with Crippen LogP contribution < -0.4 is 10.9 Å². The molecule has 0 fully saturated rings. The van der Waals surface area contributed by atoms with E-state index in [0.717, 1.165) is 17.1 Å². The number of rotatable bonds is 5. The molecule has 0 unspecified atom stereocenters. The van der Waals surface area contributed by atoms with Crippen molar-refractivity contribution in [2.24, 2.45) is 0 Å². The van der Waals surface area contributed by atoms with E-state index < -0.39 is 0 Å². The zero-order valence-corrected chi connectivity index (χ0v) is 15.5. The number of fused-ring (bicyclic) bond motifs is 1. The molecule has 0 atom stereocenters. The molecule has 0 spiro atoms. The average Bonchev–Trinajstić information content (AvgIpc) is 2.90. The van der Waals surface area contributed by atoms with Crippen LogP contribution in [0.1, 0.15) is 39.6 Å². The molecule has 7 nitrogen and oxygen atoms in total. The van der Waals surface area contributed by atoms with Crippen LogP contribution >= 0.6 is 0 Å². The van der Waals surface area contributed by atoms with Crippen molar-refractivity contribution in [2.75, 3.05) is 6.54 Å². The molecule has 0 aromatic carbocycles. The van der Waals surface area contributed by atoms with Gasteiger partial charge in [0, 0.05) is 36.2 Å². The molecule has 7 heteroatoms. The molecule has 3 heterocycles. The SMILES string of the molecule is Cc1cc(C)n2nc(C)c(C(=O)NCCCn3c(C)cccc3=O)c2n1. The van der Waals surface area contributed by atoms with Crippen LogP contribution in [0.15, 0.2) is 29.1 Å². The number of hydrogen-bond donors (Lipinski definition) is 1. The van der Waals surface area contributed by atoms with Crippen LogP contribution in [0.5, 0.6) is 0 Å². The smallest absolute Gasteiger partial charge is 0.257 e. The Labute approximate surface area is 151 Å². The van der Waals surface area contributed by atoms with Crippen molar-refractivity contribution in [3.8, 4) is 0 Å². The Morgan fingerprint density at radius 1 is 1.15 bits per heavy atom. The molecule has 3 aromatic heterocycles. The molecule has 1 amide bonds. The standard InChI is InChI=1S/C19H23N5O2/c1-12-11-14(3)24-18(21-12)17(15(4)22-24)19(26)20-9-6-10-23-13(2)7-5-8-16(23)25/h5,7-8,11H,6,9-10H2,1-4H3,(H,20,26). The topological polar surface area (TPSA) is 81.3 Å². The molecular formula is C19H23N5O2. The summed E-state index contributed by atoms with van der Waals surface area (Å²) in [6.45, 7) is 8.59. The molecule has 3 rings (SSSR count). The van der Waals surface area contributed by atoms with Crippen LogP contribution in [0.2, 0.25) is 0 Å². The lowest BCUT2D eigenvalue weighted by molar-refractivity contribution is 0.0953. The highest BCUT2D eigenvalue weighted by molar-refractivity contribution is 6.01. The van der Waals surface area contributed by atoms with Gasteiger partial charge < -0.3 is 9.88 Å². The summed E-state index contributed by atoms with van der Waals surface area (Å²) in [6.07, 6.45) is 0.667. The second kappa shape index (κ2) is 7.11. The zero-order valence-electron chi connectivity index (χ0n) is 15.5. The van der Waals surface area contributed by atoms with Gasteiger partial charge in [-0.1, -0.05) is 6.07 Å². The van der Waals surface area contributed by atoms with Crippen molar-refractivity contribution in [3.05, 3.63) is 63.0 Å². The second-order valence-corrected chi connectivity index (χ2v) is 6.50. The number of carbonyl (C=O) groups is 1. The summed E-state index contributed by atoms with van der Waals surface area (Å²) in [5, 5.41) is 7.34. The highest BCUT2D eigenvalue weighted by Crippen LogP contribution is 2.16. The number of aromatic nitrogens is 4. The first-order valence-corrected chi connectivity index (χ1v) is 8.66. The number of nitrogens with one attached hydrogen (secondary N) is 1. The summed E-state index contributed by atoms with van der Waals surface area (Å²) < 4.78 is 3.41. The Morgan fingerprint density at radius 3 is 2.65 bits per heavy atom. The van der Waals surface area contributed by atoms with E-state index in [1.807, 2.05) is 39.8 Å². The predicted octanol–water partition coefficient (Wildman–Crippen LogP) is 1.94. The van der Waals surface area contributed by atoms with E-state index in [2.05, 4.69) is 15.4 Å². The number of carbonyl (C=O) groups excluding carboxylic acids is 1. The molecule has 26 heavy (non-hydrogen) atoms. The van der Waals surface area contributed by atoms with Crippen LogP contribution in [-0.4, -0.2) is 31.6 Å². The van der Waals surface area contributed by atoms with Crippen molar-refractivity contribution < 1.29 is 4.79 Å². The fourth-order valence-corrected chi connectivity index (χ4v) is 3.13. The van der Waals surface area contributed by atoms with Gasteiger partial charge in [-0.2, -0.15) is 5.10 Å². The van der Waals surface area contributed by atoms with Crippen LogP contribution in [0.3, 0.4) is 0 Å². The van der Waals surface area contributed by atoms with E-state index in [0.29, 0.717) is 36.4 Å². The summed E-state index contributed by atoms with van der Waals surface area (Å²) in [5.74, 6) is -0.188. The Hall–Kier alpha value is -2.96. The van der Waals surface area contributed by atoms with Crippen LogP contribution in [0.25, 0.3) is 5.65 Å². The summed E-state index contributed by atoms with van der Waals surface area (Å²) in [6, 6.07) is 7.13. The maximum absolute atomic E-state index is 12.6. The first kappa shape index (κ1) is 17.8.